The van der Waals surface area contributed by atoms with Gasteiger partial charge in [-0.2, -0.15) is 0 Å². The lowest BCUT2D eigenvalue weighted by Crippen LogP contribution is -1.86. The fourth-order valence-corrected chi connectivity index (χ4v) is 1.54. The van der Waals surface area contributed by atoms with Crippen LogP contribution in [0.1, 0.15) is 5.56 Å². The summed E-state index contributed by atoms with van der Waals surface area (Å²) in [6, 6.07) is 17.2. The lowest BCUT2D eigenvalue weighted by atomic mass is 10.1. The van der Waals surface area contributed by atoms with E-state index in [0.717, 1.165) is 17.1 Å². The van der Waals surface area contributed by atoms with Crippen LogP contribution in [0.4, 0.5) is 4.39 Å². The molecule has 0 saturated carbocycles. The van der Waals surface area contributed by atoms with Crippen molar-refractivity contribution in [2.24, 2.45) is 0 Å². The van der Waals surface area contributed by atoms with Crippen molar-refractivity contribution in [1.82, 2.24) is 0 Å². The number of hydrogen-bond donors (Lipinski definition) is 0. The van der Waals surface area contributed by atoms with Crippen LogP contribution in [-0.4, -0.2) is 0 Å². The van der Waals surface area contributed by atoms with Crippen molar-refractivity contribution >= 4 is 0 Å². The van der Waals surface area contributed by atoms with Gasteiger partial charge < -0.3 is 4.74 Å². The second-order valence-electron chi connectivity index (χ2n) is 3.63. The molecule has 0 spiro atoms. The lowest BCUT2D eigenvalue weighted by molar-refractivity contribution is 0.482. The molecular weight excluding hydrogens is 215 g/mol. The molecule has 0 heterocycles. The second-order valence-corrected chi connectivity index (χ2v) is 3.63. The molecule has 0 fully saturated rings. The summed E-state index contributed by atoms with van der Waals surface area (Å²) >= 11 is 0. The number of halogens is 1. The summed E-state index contributed by atoms with van der Waals surface area (Å²) in [5.74, 6) is 1.56. The molecule has 0 atom stereocenters. The van der Waals surface area contributed by atoms with Crippen molar-refractivity contribution in [2.45, 2.75) is 6.42 Å². The molecule has 0 saturated heterocycles. The van der Waals surface area contributed by atoms with Crippen molar-refractivity contribution in [3.8, 4) is 11.5 Å². The normalized spacial score (nSPS) is 10.6. The third-order valence-electron chi connectivity index (χ3n) is 2.32. The van der Waals surface area contributed by atoms with Gasteiger partial charge in [0, 0.05) is 0 Å². The molecule has 2 rings (SSSR count). The Morgan fingerprint density at radius 2 is 1.71 bits per heavy atom. The number of allylic oxidation sites excluding steroid dienone is 1. The summed E-state index contributed by atoms with van der Waals surface area (Å²) in [5, 5.41) is 0. The molecule has 0 aliphatic rings. The average molecular weight is 228 g/mol. The topological polar surface area (TPSA) is 9.23 Å². The first-order chi connectivity index (χ1) is 8.38. The molecular formula is C15H13FO. The number of rotatable bonds is 4. The summed E-state index contributed by atoms with van der Waals surface area (Å²) in [7, 11) is 0. The number of ether oxygens (including phenoxy) is 1. The van der Waals surface area contributed by atoms with Crippen LogP contribution in [0.3, 0.4) is 0 Å². The van der Waals surface area contributed by atoms with Crippen LogP contribution in [-0.2, 0) is 6.42 Å². The van der Waals surface area contributed by atoms with E-state index in [4.69, 9.17) is 4.74 Å². The van der Waals surface area contributed by atoms with E-state index < -0.39 is 0 Å². The van der Waals surface area contributed by atoms with Gasteiger partial charge in [0.15, 0.2) is 0 Å². The minimum atomic E-state index is 0.560. The van der Waals surface area contributed by atoms with Gasteiger partial charge in [-0.05, 0) is 36.2 Å². The zero-order valence-electron chi connectivity index (χ0n) is 9.34. The molecule has 17 heavy (non-hydrogen) atoms. The Labute approximate surface area is 100 Å². The summed E-state index contributed by atoms with van der Waals surface area (Å²) in [5.41, 5.74) is 1.02. The molecule has 0 radical (unpaired) electrons. The molecule has 1 nitrogen and oxygen atoms in total. The first-order valence-corrected chi connectivity index (χ1v) is 5.45. The van der Waals surface area contributed by atoms with Gasteiger partial charge in [-0.1, -0.05) is 36.4 Å². The predicted octanol–water partition coefficient (Wildman–Crippen LogP) is 4.50. The van der Waals surface area contributed by atoms with E-state index in [1.165, 1.54) is 6.08 Å². The number of para-hydroxylation sites is 1. The van der Waals surface area contributed by atoms with Crippen LogP contribution in [0.5, 0.6) is 11.5 Å². The maximum absolute atomic E-state index is 11.9. The van der Waals surface area contributed by atoms with Gasteiger partial charge in [0.1, 0.15) is 11.5 Å². The molecule has 0 N–H and O–H groups in total. The summed E-state index contributed by atoms with van der Waals surface area (Å²) in [6.07, 6.45) is 2.61. The highest BCUT2D eigenvalue weighted by Crippen LogP contribution is 2.21. The van der Waals surface area contributed by atoms with Crippen LogP contribution >= 0.6 is 0 Å². The van der Waals surface area contributed by atoms with E-state index in [0.29, 0.717) is 12.8 Å². The van der Waals surface area contributed by atoms with Crippen LogP contribution in [0.25, 0.3) is 0 Å². The zero-order valence-corrected chi connectivity index (χ0v) is 9.34. The van der Waals surface area contributed by atoms with Crippen LogP contribution in [0.2, 0.25) is 0 Å². The monoisotopic (exact) mass is 228 g/mol. The molecule has 0 aliphatic heterocycles. The molecule has 0 aliphatic carbocycles. The zero-order chi connectivity index (χ0) is 11.9. The van der Waals surface area contributed by atoms with Gasteiger partial charge >= 0.3 is 0 Å². The van der Waals surface area contributed by atoms with Crippen LogP contribution in [0, 0.1) is 0 Å². The minimum Gasteiger partial charge on any atom is -0.457 e. The van der Waals surface area contributed by atoms with Gasteiger partial charge in [0.25, 0.3) is 0 Å². The first-order valence-electron chi connectivity index (χ1n) is 5.45. The highest BCUT2D eigenvalue weighted by Gasteiger charge is 1.97. The van der Waals surface area contributed by atoms with Crippen molar-refractivity contribution < 1.29 is 9.13 Å². The van der Waals surface area contributed by atoms with Crippen molar-refractivity contribution in [3.63, 3.8) is 0 Å². The van der Waals surface area contributed by atoms with E-state index >= 15 is 0 Å². The average Bonchev–Trinajstić information content (AvgIpc) is 2.38. The van der Waals surface area contributed by atoms with E-state index in [9.17, 15) is 4.39 Å². The van der Waals surface area contributed by atoms with Gasteiger partial charge in [-0.3, -0.25) is 0 Å². The lowest BCUT2D eigenvalue weighted by Gasteiger charge is -2.06. The third-order valence-corrected chi connectivity index (χ3v) is 2.32. The minimum absolute atomic E-state index is 0.560. The molecule has 86 valence electrons. The Balaban J connectivity index is 2.11. The maximum Gasteiger partial charge on any atom is 0.127 e. The van der Waals surface area contributed by atoms with Crippen molar-refractivity contribution in [2.75, 3.05) is 0 Å². The van der Waals surface area contributed by atoms with Gasteiger partial charge in [-0.15, -0.1) is 0 Å². The summed E-state index contributed by atoms with van der Waals surface area (Å²) in [4.78, 5) is 0. The van der Waals surface area contributed by atoms with Gasteiger partial charge in [0.2, 0.25) is 0 Å². The van der Waals surface area contributed by atoms with Crippen molar-refractivity contribution in [1.29, 1.82) is 0 Å². The highest BCUT2D eigenvalue weighted by molar-refractivity contribution is 5.34. The van der Waals surface area contributed by atoms with E-state index in [1.807, 2.05) is 54.6 Å². The molecule has 2 aromatic carbocycles. The standard InChI is InChI=1S/C15H13FO/c16-11-5-7-13-6-4-10-15(12-13)17-14-8-2-1-3-9-14/h1-6,8-12H,7H2. The fraction of sp³-hybridized carbons (Fsp3) is 0.0667. The first kappa shape index (κ1) is 11.4. The van der Waals surface area contributed by atoms with Crippen molar-refractivity contribution in [3.05, 3.63) is 72.6 Å². The van der Waals surface area contributed by atoms with Gasteiger partial charge in [-0.25, -0.2) is 4.39 Å². The number of benzene rings is 2. The summed E-state index contributed by atoms with van der Waals surface area (Å²) in [6.45, 7) is 0. The fourth-order valence-electron chi connectivity index (χ4n) is 1.54. The number of hydrogen-bond acceptors (Lipinski definition) is 1. The maximum atomic E-state index is 11.9. The largest absolute Gasteiger partial charge is 0.457 e. The molecule has 2 heteroatoms. The summed E-state index contributed by atoms with van der Waals surface area (Å²) < 4.78 is 17.6. The molecule has 2 aromatic rings. The van der Waals surface area contributed by atoms with Gasteiger partial charge in [0.05, 0.1) is 6.33 Å². The predicted molar refractivity (Wildman–Crippen MR) is 66.9 cm³/mol. The second kappa shape index (κ2) is 5.85. The van der Waals surface area contributed by atoms with E-state index in [2.05, 4.69) is 0 Å². The van der Waals surface area contributed by atoms with Crippen LogP contribution < -0.4 is 4.74 Å². The third kappa shape index (κ3) is 3.45. The molecule has 0 unspecified atom stereocenters. The van der Waals surface area contributed by atoms with Crippen LogP contribution in [0.15, 0.2) is 67.0 Å². The SMILES string of the molecule is FC=CCc1cccc(Oc2ccccc2)c1. The molecule has 0 aromatic heterocycles. The Hall–Kier alpha value is -2.09. The van der Waals surface area contributed by atoms with E-state index in [1.54, 1.807) is 0 Å². The molecule has 0 amide bonds. The quantitative estimate of drug-likeness (QED) is 0.748. The smallest absolute Gasteiger partial charge is 0.127 e. The van der Waals surface area contributed by atoms with E-state index in [-0.39, 0.29) is 0 Å². The Morgan fingerprint density at radius 3 is 2.47 bits per heavy atom. The highest BCUT2D eigenvalue weighted by atomic mass is 19.1. The Bertz CT molecular complexity index is 491. The Kier molecular flexibility index (Phi) is 3.92. The molecule has 0 bridgehead atoms. The Morgan fingerprint density at radius 1 is 0.941 bits per heavy atom.